The molecule has 1 aromatic carbocycles. The Morgan fingerprint density at radius 3 is 2.57 bits per heavy atom. The molecule has 0 bridgehead atoms. The summed E-state index contributed by atoms with van der Waals surface area (Å²) in [6, 6.07) is 9.86. The van der Waals surface area contributed by atoms with Crippen LogP contribution in [0.2, 0.25) is 0 Å². The highest BCUT2D eigenvalue weighted by molar-refractivity contribution is 5.33. The second kappa shape index (κ2) is 2.38. The molecule has 1 aliphatic carbocycles. The van der Waals surface area contributed by atoms with Crippen molar-refractivity contribution in [1.29, 1.82) is 0 Å². The van der Waals surface area contributed by atoms with Crippen LogP contribution in [0.5, 0.6) is 0 Å². The molecule has 1 aromatic rings. The number of benzene rings is 1. The maximum absolute atomic E-state index is 10.6. The molecule has 14 heavy (non-hydrogen) atoms. The van der Waals surface area contributed by atoms with Crippen LogP contribution in [0.15, 0.2) is 30.3 Å². The lowest BCUT2D eigenvalue weighted by molar-refractivity contribution is -0.0409. The summed E-state index contributed by atoms with van der Waals surface area (Å²) in [5.74, 6) is 0. The standard InChI is InChI=1S/C12H14O2/c1-11-10(14-11)7-8-12(11,13)9-5-3-2-4-6-9/h2-6,10,13H,7-8H2,1H3/t10-,11-,12-/m1/s1. The topological polar surface area (TPSA) is 32.8 Å². The van der Waals surface area contributed by atoms with Gasteiger partial charge in [0.1, 0.15) is 11.2 Å². The van der Waals surface area contributed by atoms with E-state index in [9.17, 15) is 5.11 Å². The van der Waals surface area contributed by atoms with Gasteiger partial charge in [-0.3, -0.25) is 0 Å². The van der Waals surface area contributed by atoms with Crippen molar-refractivity contribution in [2.24, 2.45) is 0 Å². The Morgan fingerprint density at radius 2 is 2.07 bits per heavy atom. The zero-order valence-corrected chi connectivity index (χ0v) is 8.23. The van der Waals surface area contributed by atoms with Gasteiger partial charge >= 0.3 is 0 Å². The number of epoxide rings is 1. The molecule has 74 valence electrons. The van der Waals surface area contributed by atoms with Crippen LogP contribution in [0.1, 0.15) is 25.3 Å². The predicted molar refractivity (Wildman–Crippen MR) is 52.9 cm³/mol. The van der Waals surface area contributed by atoms with Gasteiger partial charge in [0, 0.05) is 0 Å². The van der Waals surface area contributed by atoms with E-state index < -0.39 is 5.60 Å². The van der Waals surface area contributed by atoms with Crippen molar-refractivity contribution in [2.45, 2.75) is 37.1 Å². The summed E-state index contributed by atoms with van der Waals surface area (Å²) in [7, 11) is 0. The summed E-state index contributed by atoms with van der Waals surface area (Å²) < 4.78 is 5.56. The Kier molecular flexibility index (Phi) is 1.44. The van der Waals surface area contributed by atoms with Gasteiger partial charge in [-0.15, -0.1) is 0 Å². The minimum atomic E-state index is -0.765. The van der Waals surface area contributed by atoms with Crippen molar-refractivity contribution in [3.8, 4) is 0 Å². The Hall–Kier alpha value is -0.860. The zero-order valence-electron chi connectivity index (χ0n) is 8.23. The lowest BCUT2D eigenvalue weighted by atomic mass is 9.84. The van der Waals surface area contributed by atoms with Crippen LogP contribution in [-0.2, 0) is 10.3 Å². The quantitative estimate of drug-likeness (QED) is 0.685. The summed E-state index contributed by atoms with van der Waals surface area (Å²) in [5, 5.41) is 10.6. The van der Waals surface area contributed by atoms with E-state index in [1.54, 1.807) is 0 Å². The third-order valence-corrected chi connectivity index (χ3v) is 3.79. The molecule has 3 atom stereocenters. The summed E-state index contributed by atoms with van der Waals surface area (Å²) in [6.45, 7) is 2.01. The molecule has 1 saturated heterocycles. The molecule has 0 unspecified atom stereocenters. The van der Waals surface area contributed by atoms with Crippen molar-refractivity contribution in [3.05, 3.63) is 35.9 Å². The number of hydrogen-bond donors (Lipinski definition) is 1. The van der Waals surface area contributed by atoms with E-state index >= 15 is 0 Å². The lowest BCUT2D eigenvalue weighted by Crippen LogP contribution is -2.37. The first kappa shape index (κ1) is 8.45. The summed E-state index contributed by atoms with van der Waals surface area (Å²) >= 11 is 0. The van der Waals surface area contributed by atoms with Crippen LogP contribution in [0.25, 0.3) is 0 Å². The average molecular weight is 190 g/mol. The summed E-state index contributed by atoms with van der Waals surface area (Å²) in [5.41, 5.74) is -0.102. The highest BCUT2D eigenvalue weighted by Gasteiger charge is 2.70. The Morgan fingerprint density at radius 1 is 1.36 bits per heavy atom. The van der Waals surface area contributed by atoms with Crippen LogP contribution in [0.3, 0.4) is 0 Å². The van der Waals surface area contributed by atoms with E-state index in [1.807, 2.05) is 37.3 Å². The fourth-order valence-corrected chi connectivity index (χ4v) is 2.69. The average Bonchev–Trinajstić information content (AvgIpc) is 2.83. The monoisotopic (exact) mass is 190 g/mol. The minimum Gasteiger partial charge on any atom is -0.382 e. The molecule has 1 N–H and O–H groups in total. The van der Waals surface area contributed by atoms with E-state index in [0.717, 1.165) is 18.4 Å². The SMILES string of the molecule is C[C@@]12O[C@@H]1CC[C@@]2(O)c1ccccc1. The van der Waals surface area contributed by atoms with Crippen LogP contribution >= 0.6 is 0 Å². The van der Waals surface area contributed by atoms with Gasteiger partial charge in [-0.25, -0.2) is 0 Å². The maximum atomic E-state index is 10.6. The largest absolute Gasteiger partial charge is 0.382 e. The van der Waals surface area contributed by atoms with E-state index in [0.29, 0.717) is 0 Å². The smallest absolute Gasteiger partial charge is 0.125 e. The normalized spacial score (nSPS) is 44.9. The van der Waals surface area contributed by atoms with Crippen molar-refractivity contribution >= 4 is 0 Å². The van der Waals surface area contributed by atoms with E-state index in [4.69, 9.17) is 4.74 Å². The molecular formula is C12H14O2. The van der Waals surface area contributed by atoms with Crippen molar-refractivity contribution < 1.29 is 9.84 Å². The molecule has 0 radical (unpaired) electrons. The first-order valence-electron chi connectivity index (χ1n) is 5.12. The molecule has 2 heteroatoms. The highest BCUT2D eigenvalue weighted by Crippen LogP contribution is 2.60. The Bertz CT molecular complexity index is 360. The van der Waals surface area contributed by atoms with Crippen LogP contribution in [0.4, 0.5) is 0 Å². The van der Waals surface area contributed by atoms with E-state index in [2.05, 4.69) is 0 Å². The van der Waals surface area contributed by atoms with Crippen molar-refractivity contribution in [3.63, 3.8) is 0 Å². The fourth-order valence-electron chi connectivity index (χ4n) is 2.69. The molecule has 1 heterocycles. The first-order chi connectivity index (χ1) is 6.67. The molecule has 0 aromatic heterocycles. The van der Waals surface area contributed by atoms with Gasteiger partial charge < -0.3 is 9.84 Å². The molecular weight excluding hydrogens is 176 g/mol. The molecule has 3 rings (SSSR count). The first-order valence-corrected chi connectivity index (χ1v) is 5.12. The molecule has 2 aliphatic rings. The third-order valence-electron chi connectivity index (χ3n) is 3.79. The fraction of sp³-hybridized carbons (Fsp3) is 0.500. The van der Waals surface area contributed by atoms with Gasteiger partial charge in [0.25, 0.3) is 0 Å². The van der Waals surface area contributed by atoms with Crippen LogP contribution in [0, 0.1) is 0 Å². The summed E-state index contributed by atoms with van der Waals surface area (Å²) in [4.78, 5) is 0. The zero-order chi connectivity index (χ0) is 9.81. The molecule has 0 amide bonds. The number of aliphatic hydroxyl groups is 1. The van der Waals surface area contributed by atoms with E-state index in [1.165, 1.54) is 0 Å². The predicted octanol–water partition coefficient (Wildman–Crippen LogP) is 1.83. The van der Waals surface area contributed by atoms with E-state index in [-0.39, 0.29) is 11.7 Å². The second-order valence-electron chi connectivity index (χ2n) is 4.48. The van der Waals surface area contributed by atoms with Gasteiger partial charge in [-0.2, -0.15) is 0 Å². The van der Waals surface area contributed by atoms with Gasteiger partial charge in [-0.1, -0.05) is 30.3 Å². The second-order valence-corrected chi connectivity index (χ2v) is 4.48. The molecule has 2 nitrogen and oxygen atoms in total. The number of rotatable bonds is 1. The lowest BCUT2D eigenvalue weighted by Gasteiger charge is -2.29. The van der Waals surface area contributed by atoms with Crippen LogP contribution in [-0.4, -0.2) is 16.8 Å². The van der Waals surface area contributed by atoms with Crippen molar-refractivity contribution in [2.75, 3.05) is 0 Å². The number of hydrogen-bond acceptors (Lipinski definition) is 2. The number of ether oxygens (including phenoxy) is 1. The minimum absolute atomic E-state index is 0.271. The third kappa shape index (κ3) is 0.830. The molecule has 1 saturated carbocycles. The van der Waals surface area contributed by atoms with Gasteiger partial charge in [0.2, 0.25) is 0 Å². The molecule has 0 spiro atoms. The maximum Gasteiger partial charge on any atom is 0.125 e. The molecule has 2 fully saturated rings. The Balaban J connectivity index is 2.05. The van der Waals surface area contributed by atoms with Crippen molar-refractivity contribution in [1.82, 2.24) is 0 Å². The van der Waals surface area contributed by atoms with Gasteiger partial charge in [0.15, 0.2) is 0 Å². The number of fused-ring (bicyclic) bond motifs is 1. The molecule has 1 aliphatic heterocycles. The van der Waals surface area contributed by atoms with Gasteiger partial charge in [0.05, 0.1) is 6.10 Å². The van der Waals surface area contributed by atoms with Gasteiger partial charge in [-0.05, 0) is 25.3 Å². The highest BCUT2D eigenvalue weighted by atomic mass is 16.6. The summed E-state index contributed by atoms with van der Waals surface area (Å²) in [6.07, 6.45) is 2.06. The Labute approximate surface area is 83.5 Å². The van der Waals surface area contributed by atoms with Crippen LogP contribution < -0.4 is 0 Å².